The van der Waals surface area contributed by atoms with Crippen LogP contribution in [0.4, 0.5) is 0 Å². The maximum absolute atomic E-state index is 4.17. The summed E-state index contributed by atoms with van der Waals surface area (Å²) in [7, 11) is 2.04. The maximum atomic E-state index is 4.17. The Hall–Kier alpha value is -1.50. The fourth-order valence-corrected chi connectivity index (χ4v) is 2.65. The van der Waals surface area contributed by atoms with Crippen LogP contribution in [0.5, 0.6) is 0 Å². The molecule has 0 atom stereocenters. The van der Waals surface area contributed by atoms with E-state index in [0.717, 1.165) is 31.1 Å². The van der Waals surface area contributed by atoms with E-state index in [4.69, 9.17) is 0 Å². The molecule has 2 heterocycles. The van der Waals surface area contributed by atoms with Gasteiger partial charge >= 0.3 is 0 Å². The molecule has 21 heavy (non-hydrogen) atoms. The smallest absolute Gasteiger partial charge is 0.170 e. The van der Waals surface area contributed by atoms with E-state index >= 15 is 0 Å². The molecule has 1 aromatic heterocycles. The lowest BCUT2D eigenvalue weighted by Crippen LogP contribution is -2.41. The summed E-state index contributed by atoms with van der Waals surface area (Å²) >= 11 is 0. The lowest BCUT2D eigenvalue weighted by atomic mass is 10.1. The van der Waals surface area contributed by atoms with Crippen molar-refractivity contribution in [2.75, 3.05) is 20.1 Å². The van der Waals surface area contributed by atoms with Crippen molar-refractivity contribution in [3.8, 4) is 5.69 Å². The SMILES string of the molecule is CNC1CCN(Cc2nnnn2-c2ccccc2)CC1.Cl. The van der Waals surface area contributed by atoms with Gasteiger partial charge in [0.15, 0.2) is 5.82 Å². The second-order valence-electron chi connectivity index (χ2n) is 5.18. The minimum Gasteiger partial charge on any atom is -0.317 e. The summed E-state index contributed by atoms with van der Waals surface area (Å²) in [5, 5.41) is 15.4. The topological polar surface area (TPSA) is 58.9 Å². The average Bonchev–Trinajstić information content (AvgIpc) is 2.97. The molecular weight excluding hydrogens is 288 g/mol. The fraction of sp³-hybridized carbons (Fsp3) is 0.500. The molecule has 1 fully saturated rings. The van der Waals surface area contributed by atoms with Crippen LogP contribution >= 0.6 is 12.4 Å². The van der Waals surface area contributed by atoms with E-state index in [1.165, 1.54) is 12.8 Å². The van der Waals surface area contributed by atoms with Crippen LogP contribution in [-0.4, -0.2) is 51.3 Å². The Bertz CT molecular complexity index is 535. The lowest BCUT2D eigenvalue weighted by Gasteiger charge is -2.31. The maximum Gasteiger partial charge on any atom is 0.170 e. The second-order valence-corrected chi connectivity index (χ2v) is 5.18. The molecule has 0 unspecified atom stereocenters. The number of benzene rings is 1. The highest BCUT2D eigenvalue weighted by molar-refractivity contribution is 5.85. The predicted molar refractivity (Wildman–Crippen MR) is 83.8 cm³/mol. The van der Waals surface area contributed by atoms with Gasteiger partial charge in [-0.2, -0.15) is 4.68 Å². The standard InChI is InChI=1S/C14H20N6.ClH/c1-15-12-7-9-19(10-8-12)11-14-16-17-18-20(14)13-5-3-2-4-6-13;/h2-6,12,15H,7-11H2,1H3;1H. The van der Waals surface area contributed by atoms with Crippen LogP contribution < -0.4 is 5.32 Å². The zero-order valence-corrected chi connectivity index (χ0v) is 13.0. The third-order valence-electron chi connectivity index (χ3n) is 3.90. The number of piperidine rings is 1. The normalized spacial score (nSPS) is 16.6. The van der Waals surface area contributed by atoms with Crippen LogP contribution in [0.2, 0.25) is 0 Å². The number of tetrazole rings is 1. The summed E-state index contributed by atoms with van der Waals surface area (Å²) in [5.74, 6) is 0.902. The van der Waals surface area contributed by atoms with Gasteiger partial charge in [-0.1, -0.05) is 18.2 Å². The second kappa shape index (κ2) is 7.49. The summed E-state index contributed by atoms with van der Waals surface area (Å²) in [5.41, 5.74) is 1.01. The molecule has 1 saturated heterocycles. The Balaban J connectivity index is 0.00000161. The minimum absolute atomic E-state index is 0. The molecule has 3 rings (SSSR count). The van der Waals surface area contributed by atoms with E-state index in [0.29, 0.717) is 6.04 Å². The molecule has 0 aliphatic carbocycles. The van der Waals surface area contributed by atoms with Crippen molar-refractivity contribution in [2.45, 2.75) is 25.4 Å². The van der Waals surface area contributed by atoms with E-state index in [1.807, 2.05) is 42.1 Å². The summed E-state index contributed by atoms with van der Waals surface area (Å²) in [4.78, 5) is 2.42. The highest BCUT2D eigenvalue weighted by atomic mass is 35.5. The van der Waals surface area contributed by atoms with Crippen LogP contribution in [0.15, 0.2) is 30.3 Å². The predicted octanol–water partition coefficient (Wildman–Crippen LogP) is 1.27. The molecule has 0 spiro atoms. The number of hydrogen-bond acceptors (Lipinski definition) is 5. The van der Waals surface area contributed by atoms with Crippen molar-refractivity contribution < 1.29 is 0 Å². The molecule has 1 aliphatic rings. The van der Waals surface area contributed by atoms with Crippen molar-refractivity contribution in [2.24, 2.45) is 0 Å². The number of nitrogens with zero attached hydrogens (tertiary/aromatic N) is 5. The van der Waals surface area contributed by atoms with Crippen molar-refractivity contribution in [1.29, 1.82) is 0 Å². The number of rotatable bonds is 4. The summed E-state index contributed by atoms with van der Waals surface area (Å²) < 4.78 is 1.82. The summed E-state index contributed by atoms with van der Waals surface area (Å²) in [6.07, 6.45) is 2.37. The first-order valence-electron chi connectivity index (χ1n) is 7.09. The highest BCUT2D eigenvalue weighted by Crippen LogP contribution is 2.14. The van der Waals surface area contributed by atoms with Gasteiger partial charge in [0.1, 0.15) is 0 Å². The molecule has 1 aliphatic heterocycles. The molecule has 2 aromatic rings. The molecule has 0 bridgehead atoms. The van der Waals surface area contributed by atoms with Gasteiger partial charge in [-0.15, -0.1) is 17.5 Å². The van der Waals surface area contributed by atoms with Gasteiger partial charge in [-0.3, -0.25) is 4.90 Å². The van der Waals surface area contributed by atoms with E-state index in [-0.39, 0.29) is 12.4 Å². The van der Waals surface area contributed by atoms with Crippen LogP contribution in [0, 0.1) is 0 Å². The summed E-state index contributed by atoms with van der Waals surface area (Å²) in [6.45, 7) is 2.98. The zero-order chi connectivity index (χ0) is 13.8. The van der Waals surface area contributed by atoms with Crippen molar-refractivity contribution in [1.82, 2.24) is 30.4 Å². The van der Waals surface area contributed by atoms with E-state index in [9.17, 15) is 0 Å². The van der Waals surface area contributed by atoms with Gasteiger partial charge in [-0.05, 0) is 42.4 Å². The van der Waals surface area contributed by atoms with E-state index in [1.54, 1.807) is 0 Å². The number of hydrogen-bond donors (Lipinski definition) is 1. The van der Waals surface area contributed by atoms with Gasteiger partial charge in [0.05, 0.1) is 12.2 Å². The number of halogens is 1. The van der Waals surface area contributed by atoms with Crippen molar-refractivity contribution in [3.63, 3.8) is 0 Å². The first-order valence-corrected chi connectivity index (χ1v) is 7.09. The van der Waals surface area contributed by atoms with Crippen LogP contribution in [0.25, 0.3) is 5.69 Å². The Morgan fingerprint density at radius 3 is 2.57 bits per heavy atom. The van der Waals surface area contributed by atoms with Crippen LogP contribution in [0.1, 0.15) is 18.7 Å². The number of likely N-dealkylation sites (tertiary alicyclic amines) is 1. The summed E-state index contributed by atoms with van der Waals surface area (Å²) in [6, 6.07) is 10.7. The quantitative estimate of drug-likeness (QED) is 0.922. The van der Waals surface area contributed by atoms with E-state index < -0.39 is 0 Å². The molecule has 1 aromatic carbocycles. The third kappa shape index (κ3) is 3.78. The molecular formula is C14H21ClN6. The molecule has 1 N–H and O–H groups in total. The van der Waals surface area contributed by atoms with Crippen LogP contribution in [0.3, 0.4) is 0 Å². The first-order chi connectivity index (χ1) is 9.86. The Labute approximate surface area is 130 Å². The van der Waals surface area contributed by atoms with Crippen molar-refractivity contribution >= 4 is 12.4 Å². The molecule has 6 nitrogen and oxygen atoms in total. The van der Waals surface area contributed by atoms with Gasteiger partial charge < -0.3 is 5.32 Å². The zero-order valence-electron chi connectivity index (χ0n) is 12.1. The number of para-hydroxylation sites is 1. The molecule has 0 amide bonds. The van der Waals surface area contributed by atoms with Crippen molar-refractivity contribution in [3.05, 3.63) is 36.2 Å². The fourth-order valence-electron chi connectivity index (χ4n) is 2.65. The lowest BCUT2D eigenvalue weighted by molar-refractivity contribution is 0.189. The molecule has 0 saturated carbocycles. The number of aromatic nitrogens is 4. The van der Waals surface area contributed by atoms with Crippen LogP contribution in [-0.2, 0) is 6.54 Å². The highest BCUT2D eigenvalue weighted by Gasteiger charge is 2.20. The average molecular weight is 309 g/mol. The van der Waals surface area contributed by atoms with E-state index in [2.05, 4.69) is 25.7 Å². The number of nitrogens with one attached hydrogen (secondary N) is 1. The Kier molecular flexibility index (Phi) is 5.67. The monoisotopic (exact) mass is 308 g/mol. The Morgan fingerprint density at radius 2 is 1.90 bits per heavy atom. The van der Waals surface area contributed by atoms with Gasteiger partial charge in [0, 0.05) is 19.1 Å². The Morgan fingerprint density at radius 1 is 1.19 bits per heavy atom. The van der Waals surface area contributed by atoms with Gasteiger partial charge in [0.25, 0.3) is 0 Å². The molecule has 7 heteroatoms. The van der Waals surface area contributed by atoms with Gasteiger partial charge in [0.2, 0.25) is 0 Å². The third-order valence-corrected chi connectivity index (χ3v) is 3.90. The van der Waals surface area contributed by atoms with Gasteiger partial charge in [-0.25, -0.2) is 0 Å². The first kappa shape index (κ1) is 15.9. The molecule has 0 radical (unpaired) electrons. The molecule has 114 valence electrons. The minimum atomic E-state index is 0. The largest absolute Gasteiger partial charge is 0.317 e.